The Bertz CT molecular complexity index is 645. The molecule has 4 heteroatoms. The maximum atomic E-state index is 5.38. The molecular weight excluding hydrogens is 202 g/mol. The van der Waals surface area contributed by atoms with Crippen LogP contribution < -0.4 is 0 Å². The lowest BCUT2D eigenvalue weighted by Gasteiger charge is -1.98. The molecule has 16 heavy (non-hydrogen) atoms. The van der Waals surface area contributed by atoms with E-state index in [0.29, 0.717) is 11.8 Å². The first-order valence-electron chi connectivity index (χ1n) is 4.98. The van der Waals surface area contributed by atoms with Crippen molar-refractivity contribution in [2.45, 2.75) is 6.92 Å². The molecule has 2 aromatic heterocycles. The van der Waals surface area contributed by atoms with E-state index in [1.807, 2.05) is 30.3 Å². The van der Waals surface area contributed by atoms with Gasteiger partial charge in [0.25, 0.3) is 0 Å². The summed E-state index contributed by atoms with van der Waals surface area (Å²) in [6, 6.07) is 9.79. The summed E-state index contributed by atoms with van der Waals surface area (Å²) in [4.78, 5) is 4.25. The van der Waals surface area contributed by atoms with Gasteiger partial charge in [-0.3, -0.25) is 4.98 Å². The number of aromatic nitrogens is 3. The van der Waals surface area contributed by atoms with E-state index in [4.69, 9.17) is 4.42 Å². The molecule has 0 bridgehead atoms. The van der Waals surface area contributed by atoms with E-state index in [-0.39, 0.29) is 0 Å². The molecular formula is C12H9N3O. The summed E-state index contributed by atoms with van der Waals surface area (Å²) in [5.41, 5.74) is 1.88. The first-order valence-corrected chi connectivity index (χ1v) is 4.98. The van der Waals surface area contributed by atoms with E-state index in [0.717, 1.165) is 16.5 Å². The molecule has 0 unspecified atom stereocenters. The zero-order valence-corrected chi connectivity index (χ0v) is 8.71. The van der Waals surface area contributed by atoms with Crippen LogP contribution in [0.15, 0.2) is 40.9 Å². The van der Waals surface area contributed by atoms with Crippen LogP contribution in [0.4, 0.5) is 0 Å². The van der Waals surface area contributed by atoms with Gasteiger partial charge in [0, 0.05) is 24.1 Å². The van der Waals surface area contributed by atoms with Crippen LogP contribution in [0, 0.1) is 6.92 Å². The topological polar surface area (TPSA) is 51.8 Å². The molecule has 0 aliphatic heterocycles. The SMILES string of the molecule is Cc1nnc(-c2ccc3ncccc3c2)o1. The lowest BCUT2D eigenvalue weighted by Crippen LogP contribution is -1.81. The summed E-state index contributed by atoms with van der Waals surface area (Å²) in [7, 11) is 0. The zero-order chi connectivity index (χ0) is 11.0. The Hall–Kier alpha value is -2.23. The second-order valence-electron chi connectivity index (χ2n) is 3.54. The number of rotatable bonds is 1. The third-order valence-electron chi connectivity index (χ3n) is 2.38. The Morgan fingerprint density at radius 3 is 2.88 bits per heavy atom. The first kappa shape index (κ1) is 9.03. The van der Waals surface area contributed by atoms with Gasteiger partial charge in [0.2, 0.25) is 11.8 Å². The smallest absolute Gasteiger partial charge is 0.247 e. The second-order valence-corrected chi connectivity index (χ2v) is 3.54. The molecule has 78 valence electrons. The standard InChI is InChI=1S/C12H9N3O/c1-8-14-15-12(16-8)10-4-5-11-9(7-10)3-2-6-13-11/h2-7H,1H3. The van der Waals surface area contributed by atoms with Gasteiger partial charge < -0.3 is 4.42 Å². The van der Waals surface area contributed by atoms with Crippen LogP contribution in [0.2, 0.25) is 0 Å². The first-order chi connectivity index (χ1) is 7.83. The number of pyridine rings is 1. The van der Waals surface area contributed by atoms with Crippen LogP contribution in [0.1, 0.15) is 5.89 Å². The molecule has 3 aromatic rings. The molecule has 0 saturated heterocycles. The minimum absolute atomic E-state index is 0.545. The van der Waals surface area contributed by atoms with Gasteiger partial charge in [-0.05, 0) is 24.3 Å². The fourth-order valence-corrected chi connectivity index (χ4v) is 1.62. The van der Waals surface area contributed by atoms with E-state index < -0.39 is 0 Å². The Labute approximate surface area is 92.0 Å². The predicted molar refractivity (Wildman–Crippen MR) is 59.8 cm³/mol. The molecule has 0 aliphatic carbocycles. The molecule has 0 fully saturated rings. The van der Waals surface area contributed by atoms with Gasteiger partial charge in [-0.1, -0.05) is 6.07 Å². The Balaban J connectivity index is 2.18. The monoisotopic (exact) mass is 211 g/mol. The quantitative estimate of drug-likeness (QED) is 0.620. The summed E-state index contributed by atoms with van der Waals surface area (Å²) in [5, 5.41) is 8.86. The fourth-order valence-electron chi connectivity index (χ4n) is 1.62. The van der Waals surface area contributed by atoms with Crippen molar-refractivity contribution >= 4 is 10.9 Å². The average Bonchev–Trinajstić information content (AvgIpc) is 2.75. The van der Waals surface area contributed by atoms with Crippen LogP contribution in [-0.2, 0) is 0 Å². The van der Waals surface area contributed by atoms with Gasteiger partial charge in [0.1, 0.15) is 0 Å². The maximum Gasteiger partial charge on any atom is 0.247 e. The van der Waals surface area contributed by atoms with Gasteiger partial charge in [-0.15, -0.1) is 10.2 Å². The molecule has 0 saturated carbocycles. The normalized spacial score (nSPS) is 10.8. The highest BCUT2D eigenvalue weighted by atomic mass is 16.4. The minimum atomic E-state index is 0.545. The number of fused-ring (bicyclic) bond motifs is 1. The highest BCUT2D eigenvalue weighted by molar-refractivity contribution is 5.82. The van der Waals surface area contributed by atoms with Crippen LogP contribution in [-0.4, -0.2) is 15.2 Å². The molecule has 2 heterocycles. The van der Waals surface area contributed by atoms with Crippen molar-refractivity contribution in [2.24, 2.45) is 0 Å². The zero-order valence-electron chi connectivity index (χ0n) is 8.71. The van der Waals surface area contributed by atoms with E-state index in [9.17, 15) is 0 Å². The molecule has 1 aromatic carbocycles. The van der Waals surface area contributed by atoms with Crippen molar-refractivity contribution in [3.63, 3.8) is 0 Å². The minimum Gasteiger partial charge on any atom is -0.421 e. The largest absolute Gasteiger partial charge is 0.421 e. The van der Waals surface area contributed by atoms with Crippen molar-refractivity contribution < 1.29 is 4.42 Å². The Kier molecular flexibility index (Phi) is 1.93. The number of nitrogens with zero attached hydrogens (tertiary/aromatic N) is 3. The summed E-state index contributed by atoms with van der Waals surface area (Å²) in [6.07, 6.45) is 1.78. The molecule has 0 atom stereocenters. The van der Waals surface area contributed by atoms with E-state index in [1.54, 1.807) is 13.1 Å². The van der Waals surface area contributed by atoms with E-state index >= 15 is 0 Å². The molecule has 0 radical (unpaired) electrons. The van der Waals surface area contributed by atoms with Gasteiger partial charge in [-0.2, -0.15) is 0 Å². The Morgan fingerprint density at radius 2 is 2.06 bits per heavy atom. The summed E-state index contributed by atoms with van der Waals surface area (Å²) in [5.74, 6) is 1.12. The van der Waals surface area contributed by atoms with Crippen LogP contribution in [0.5, 0.6) is 0 Å². The molecule has 0 spiro atoms. The fraction of sp³-hybridized carbons (Fsp3) is 0.0833. The average molecular weight is 211 g/mol. The van der Waals surface area contributed by atoms with Crippen molar-refractivity contribution in [1.82, 2.24) is 15.2 Å². The summed E-state index contributed by atoms with van der Waals surface area (Å²) < 4.78 is 5.38. The lowest BCUT2D eigenvalue weighted by atomic mass is 10.1. The van der Waals surface area contributed by atoms with Gasteiger partial charge >= 0.3 is 0 Å². The number of benzene rings is 1. The van der Waals surface area contributed by atoms with E-state index in [1.165, 1.54) is 0 Å². The molecule has 3 rings (SSSR count). The van der Waals surface area contributed by atoms with Gasteiger partial charge in [0.15, 0.2) is 0 Å². The van der Waals surface area contributed by atoms with Crippen molar-refractivity contribution in [3.05, 3.63) is 42.4 Å². The van der Waals surface area contributed by atoms with Crippen molar-refractivity contribution in [1.29, 1.82) is 0 Å². The van der Waals surface area contributed by atoms with Crippen molar-refractivity contribution in [2.75, 3.05) is 0 Å². The third-order valence-corrected chi connectivity index (χ3v) is 2.38. The number of hydrogen-bond donors (Lipinski definition) is 0. The molecule has 4 nitrogen and oxygen atoms in total. The Morgan fingerprint density at radius 1 is 1.12 bits per heavy atom. The maximum absolute atomic E-state index is 5.38. The van der Waals surface area contributed by atoms with Gasteiger partial charge in [-0.25, -0.2) is 0 Å². The highest BCUT2D eigenvalue weighted by Crippen LogP contribution is 2.21. The highest BCUT2D eigenvalue weighted by Gasteiger charge is 2.06. The lowest BCUT2D eigenvalue weighted by molar-refractivity contribution is 0.533. The van der Waals surface area contributed by atoms with Crippen LogP contribution in [0.3, 0.4) is 0 Å². The van der Waals surface area contributed by atoms with E-state index in [2.05, 4.69) is 15.2 Å². The molecule has 0 N–H and O–H groups in total. The predicted octanol–water partition coefficient (Wildman–Crippen LogP) is 2.59. The van der Waals surface area contributed by atoms with Gasteiger partial charge in [0.05, 0.1) is 5.52 Å². The van der Waals surface area contributed by atoms with Crippen LogP contribution >= 0.6 is 0 Å². The summed E-state index contributed by atoms with van der Waals surface area (Å²) >= 11 is 0. The number of aryl methyl sites for hydroxylation is 1. The third kappa shape index (κ3) is 1.44. The molecule has 0 aliphatic rings. The molecule has 0 amide bonds. The second kappa shape index (κ2) is 3.41. The summed E-state index contributed by atoms with van der Waals surface area (Å²) in [6.45, 7) is 1.78. The van der Waals surface area contributed by atoms with Crippen LogP contribution in [0.25, 0.3) is 22.4 Å². The van der Waals surface area contributed by atoms with Crippen molar-refractivity contribution in [3.8, 4) is 11.5 Å². The number of hydrogen-bond acceptors (Lipinski definition) is 4.